The van der Waals surface area contributed by atoms with Crippen LogP contribution in [0.25, 0.3) is 169 Å². The van der Waals surface area contributed by atoms with Crippen molar-refractivity contribution in [1.29, 1.82) is 0 Å². The minimum atomic E-state index is 1.05. The summed E-state index contributed by atoms with van der Waals surface area (Å²) in [6, 6.07) is 128. The zero-order valence-electron chi connectivity index (χ0n) is 52.0. The quantitative estimate of drug-likeness (QED) is 0.151. The van der Waals surface area contributed by atoms with Crippen molar-refractivity contribution in [1.82, 2.24) is 4.57 Å². The maximum Gasteiger partial charge on any atom is 0.0619 e. The molecule has 0 atom stereocenters. The zero-order chi connectivity index (χ0) is 62.9. The second-order valence-corrected chi connectivity index (χ2v) is 25.9. The van der Waals surface area contributed by atoms with E-state index in [1.165, 1.54) is 175 Å². The Labute approximate surface area is 559 Å². The standard InChI is InChI=1S/C46H29N.C26H17Br.C21H14/c1-2-14-32(15-3-1)43-37-18-8-10-20-39(37)44(40-21-11-9-19-38(40)43)33-22-26-34(27-23-33)47-45-35-16-6-4-12-30(35)24-28-41(45)42-29-25-31-13-5-7-17-36(31)46(42)47;27-20-16-14-19(15-17-20)26-23-12-6-4-10-21(23)25(18-8-2-1-3-9-18)22-11-5-7-13-24(22)26;1-3-7-16-14(5-1)9-11-18-19-12-10-15-6-2-4-8-17(15)21(19)13-20(16)18/h1-29H;1-17H;1-12H,13H2. The van der Waals surface area contributed by atoms with E-state index >= 15 is 0 Å². The third-order valence-electron chi connectivity index (χ3n) is 19.8. The third kappa shape index (κ3) is 9.51. The summed E-state index contributed by atoms with van der Waals surface area (Å²) in [6.07, 6.45) is 1.05. The van der Waals surface area contributed by atoms with Gasteiger partial charge in [-0.3, -0.25) is 0 Å². The van der Waals surface area contributed by atoms with Crippen LogP contribution in [-0.2, 0) is 6.42 Å². The molecule has 0 saturated carbocycles. The van der Waals surface area contributed by atoms with Gasteiger partial charge in [0.1, 0.15) is 0 Å². The maximum absolute atomic E-state index is 3.56. The average molecular weight is 1270 g/mol. The summed E-state index contributed by atoms with van der Waals surface area (Å²) in [5.41, 5.74) is 19.6. The fraction of sp³-hybridized carbons (Fsp3) is 0.0108. The van der Waals surface area contributed by atoms with Crippen LogP contribution in [0.1, 0.15) is 11.1 Å². The Bertz CT molecular complexity index is 5930. The van der Waals surface area contributed by atoms with E-state index < -0.39 is 0 Å². The van der Waals surface area contributed by atoms with Gasteiger partial charge in [0.2, 0.25) is 0 Å². The van der Waals surface area contributed by atoms with Gasteiger partial charge >= 0.3 is 0 Å². The highest BCUT2D eigenvalue weighted by Crippen LogP contribution is 2.48. The highest BCUT2D eigenvalue weighted by atomic mass is 79.9. The average Bonchev–Trinajstić information content (AvgIpc) is 1.58. The first-order valence-electron chi connectivity index (χ1n) is 32.8. The van der Waals surface area contributed by atoms with E-state index in [4.69, 9.17) is 0 Å². The molecule has 0 fully saturated rings. The molecule has 1 nitrogen and oxygen atoms in total. The van der Waals surface area contributed by atoms with Gasteiger partial charge in [0, 0.05) is 31.7 Å². The van der Waals surface area contributed by atoms with Crippen LogP contribution in [0, 0.1) is 0 Å². The highest BCUT2D eigenvalue weighted by Gasteiger charge is 2.24. The molecule has 1 aliphatic carbocycles. The Morgan fingerprint density at radius 2 is 0.463 bits per heavy atom. The van der Waals surface area contributed by atoms with E-state index in [9.17, 15) is 0 Å². The van der Waals surface area contributed by atoms with Crippen molar-refractivity contribution in [3.05, 3.63) is 367 Å². The third-order valence-corrected chi connectivity index (χ3v) is 20.3. The van der Waals surface area contributed by atoms with Crippen LogP contribution in [0.4, 0.5) is 0 Å². The molecule has 1 aromatic heterocycles. The lowest BCUT2D eigenvalue weighted by atomic mass is 9.86. The number of fused-ring (bicyclic) bond motifs is 18. The Morgan fingerprint density at radius 1 is 0.200 bits per heavy atom. The summed E-state index contributed by atoms with van der Waals surface area (Å²) in [5, 5.41) is 23.3. The van der Waals surface area contributed by atoms with Crippen molar-refractivity contribution < 1.29 is 0 Å². The Balaban J connectivity index is 0.000000116. The molecule has 0 bridgehead atoms. The van der Waals surface area contributed by atoms with Crippen molar-refractivity contribution >= 4 is 124 Å². The molecular formula is C93H60BrN. The summed E-state index contributed by atoms with van der Waals surface area (Å²) in [4.78, 5) is 0. The minimum absolute atomic E-state index is 1.05. The molecule has 0 aliphatic heterocycles. The first-order chi connectivity index (χ1) is 47.1. The van der Waals surface area contributed by atoms with Gasteiger partial charge in [-0.1, -0.05) is 344 Å². The minimum Gasteiger partial charge on any atom is -0.308 e. The lowest BCUT2D eigenvalue weighted by molar-refractivity contribution is 1.19. The number of benzene rings is 18. The van der Waals surface area contributed by atoms with Crippen LogP contribution < -0.4 is 0 Å². The van der Waals surface area contributed by atoms with Gasteiger partial charge in [-0.25, -0.2) is 0 Å². The van der Waals surface area contributed by atoms with Gasteiger partial charge in [-0.05, 0) is 173 Å². The van der Waals surface area contributed by atoms with Crippen molar-refractivity contribution in [2.45, 2.75) is 6.42 Å². The van der Waals surface area contributed by atoms with Crippen molar-refractivity contribution in [3.63, 3.8) is 0 Å². The Kier molecular flexibility index (Phi) is 13.9. The fourth-order valence-electron chi connectivity index (χ4n) is 15.6. The van der Waals surface area contributed by atoms with Crippen molar-refractivity contribution in [2.75, 3.05) is 0 Å². The lowest BCUT2D eigenvalue weighted by Crippen LogP contribution is -1.96. The predicted molar refractivity (Wildman–Crippen MR) is 411 cm³/mol. The summed E-state index contributed by atoms with van der Waals surface area (Å²) >= 11 is 3.56. The normalized spacial score (nSPS) is 11.8. The van der Waals surface area contributed by atoms with Crippen molar-refractivity contribution in [2.24, 2.45) is 0 Å². The number of hydrogen-bond donors (Lipinski definition) is 0. The summed E-state index contributed by atoms with van der Waals surface area (Å²) in [7, 11) is 0. The molecule has 18 aromatic carbocycles. The molecule has 444 valence electrons. The molecular weight excluding hydrogens is 1210 g/mol. The second-order valence-electron chi connectivity index (χ2n) is 25.0. The van der Waals surface area contributed by atoms with E-state index in [1.807, 2.05) is 0 Å². The molecule has 0 saturated heterocycles. The zero-order valence-corrected chi connectivity index (χ0v) is 53.6. The number of aromatic nitrogens is 1. The summed E-state index contributed by atoms with van der Waals surface area (Å²) in [6.45, 7) is 0. The van der Waals surface area contributed by atoms with Gasteiger partial charge in [0.25, 0.3) is 0 Å². The van der Waals surface area contributed by atoms with E-state index in [2.05, 4.69) is 372 Å². The molecule has 0 spiro atoms. The molecule has 0 radical (unpaired) electrons. The van der Waals surface area contributed by atoms with Crippen LogP contribution in [-0.4, -0.2) is 4.57 Å². The fourth-order valence-corrected chi connectivity index (χ4v) is 15.9. The SMILES string of the molecule is Brc1ccc(-c2c3ccccc3c(-c3ccccc3)c3ccccc23)cc1.c1ccc(-c2c3ccccc3c(-c3ccc(-n4c5c6ccccc6ccc5c5ccc6ccccc6c54)cc3)c3ccccc23)cc1.c1ccc2c3c(ccc2c1)-c1ccc2ccccc2c1C3. The van der Waals surface area contributed by atoms with Crippen LogP contribution in [0.2, 0.25) is 0 Å². The van der Waals surface area contributed by atoms with Gasteiger partial charge in [0.05, 0.1) is 11.0 Å². The molecule has 0 N–H and O–H groups in total. The lowest BCUT2D eigenvalue weighted by Gasteiger charge is -2.18. The number of hydrogen-bond acceptors (Lipinski definition) is 0. The molecule has 1 heterocycles. The molecule has 19 aromatic rings. The summed E-state index contributed by atoms with van der Waals surface area (Å²) < 4.78 is 3.59. The first kappa shape index (κ1) is 56.1. The molecule has 2 heteroatoms. The predicted octanol–water partition coefficient (Wildman–Crippen LogP) is 26.4. The van der Waals surface area contributed by atoms with E-state index in [1.54, 1.807) is 0 Å². The second kappa shape index (κ2) is 23.5. The van der Waals surface area contributed by atoms with Gasteiger partial charge in [-0.2, -0.15) is 0 Å². The summed E-state index contributed by atoms with van der Waals surface area (Å²) in [5.74, 6) is 0. The molecule has 0 unspecified atom stereocenters. The molecule has 1 aliphatic rings. The smallest absolute Gasteiger partial charge is 0.0619 e. The van der Waals surface area contributed by atoms with Crippen LogP contribution >= 0.6 is 15.9 Å². The van der Waals surface area contributed by atoms with Gasteiger partial charge in [-0.15, -0.1) is 0 Å². The topological polar surface area (TPSA) is 4.93 Å². The number of rotatable bonds is 5. The van der Waals surface area contributed by atoms with E-state index in [-0.39, 0.29) is 0 Å². The van der Waals surface area contributed by atoms with Crippen LogP contribution in [0.15, 0.2) is 356 Å². The van der Waals surface area contributed by atoms with Crippen LogP contribution in [0.5, 0.6) is 0 Å². The Hall–Kier alpha value is -11.7. The Morgan fingerprint density at radius 3 is 0.811 bits per heavy atom. The van der Waals surface area contributed by atoms with Crippen molar-refractivity contribution in [3.8, 4) is 61.3 Å². The van der Waals surface area contributed by atoms with Crippen LogP contribution in [0.3, 0.4) is 0 Å². The maximum atomic E-state index is 3.56. The number of nitrogens with zero attached hydrogens (tertiary/aromatic N) is 1. The molecule has 0 amide bonds. The van der Waals surface area contributed by atoms with Gasteiger partial charge in [0.15, 0.2) is 0 Å². The molecule has 20 rings (SSSR count). The largest absolute Gasteiger partial charge is 0.308 e. The van der Waals surface area contributed by atoms with E-state index in [0.29, 0.717) is 0 Å². The molecule has 95 heavy (non-hydrogen) atoms. The first-order valence-corrected chi connectivity index (χ1v) is 33.6. The van der Waals surface area contributed by atoms with E-state index in [0.717, 1.165) is 16.6 Å². The monoisotopic (exact) mass is 1270 g/mol. The highest BCUT2D eigenvalue weighted by molar-refractivity contribution is 9.10. The van der Waals surface area contributed by atoms with Gasteiger partial charge < -0.3 is 4.57 Å². The number of halogens is 1.